The topological polar surface area (TPSA) is 136 Å². The fourth-order valence-corrected chi connectivity index (χ4v) is 2.42. The molecule has 10 heteroatoms. The van der Waals surface area contributed by atoms with E-state index in [9.17, 15) is 19.5 Å². The molecule has 1 aromatic heterocycles. The first kappa shape index (κ1) is 15.8. The summed E-state index contributed by atoms with van der Waals surface area (Å²) in [6.07, 6.45) is 2.70. The Bertz CT molecular complexity index is 625. The Hall–Kier alpha value is -2.62. The fraction of sp³-hybridized carbons (Fsp3) is 0.250. The van der Waals surface area contributed by atoms with Gasteiger partial charge >= 0.3 is 0 Å². The number of rotatable bonds is 6. The molecule has 0 unspecified atom stereocenters. The fourth-order valence-electron chi connectivity index (χ4n) is 1.50. The summed E-state index contributed by atoms with van der Waals surface area (Å²) in [5.74, 6) is -1.83. The summed E-state index contributed by atoms with van der Waals surface area (Å²) in [4.78, 5) is 33.3. The van der Waals surface area contributed by atoms with E-state index in [-0.39, 0.29) is 17.5 Å². The molecule has 0 spiro atoms. The number of amides is 2. The number of furan rings is 1. The molecule has 0 radical (unpaired) electrons. The van der Waals surface area contributed by atoms with Crippen LogP contribution >= 0.6 is 11.8 Å². The van der Waals surface area contributed by atoms with Gasteiger partial charge in [-0.25, -0.2) is 0 Å². The smallest absolute Gasteiger partial charge is 0.240 e. The van der Waals surface area contributed by atoms with Crippen LogP contribution in [-0.4, -0.2) is 41.0 Å². The summed E-state index contributed by atoms with van der Waals surface area (Å²) in [6.45, 7) is -0.591. The molecule has 2 N–H and O–H groups in total. The molecule has 2 heterocycles. The average molecular weight is 323 g/mol. The van der Waals surface area contributed by atoms with Crippen molar-refractivity contribution in [2.75, 3.05) is 6.54 Å². The third kappa shape index (κ3) is 4.74. The molecule has 1 aliphatic rings. The molecule has 1 aromatic rings. The zero-order chi connectivity index (χ0) is 15.9. The van der Waals surface area contributed by atoms with Crippen LogP contribution in [0.3, 0.4) is 0 Å². The van der Waals surface area contributed by atoms with Crippen LogP contribution < -0.4 is 15.7 Å². The summed E-state index contributed by atoms with van der Waals surface area (Å²) < 4.78 is 5.02. The third-order valence-electron chi connectivity index (χ3n) is 2.45. The van der Waals surface area contributed by atoms with E-state index in [4.69, 9.17) is 4.42 Å². The molecular weight excluding hydrogens is 312 g/mol. The van der Waals surface area contributed by atoms with Crippen LogP contribution in [0.2, 0.25) is 0 Å². The van der Waals surface area contributed by atoms with E-state index < -0.39 is 23.7 Å². The van der Waals surface area contributed by atoms with Crippen molar-refractivity contribution in [3.05, 3.63) is 24.2 Å². The van der Waals surface area contributed by atoms with Crippen LogP contribution in [0.25, 0.3) is 0 Å². The van der Waals surface area contributed by atoms with Crippen LogP contribution in [0.1, 0.15) is 12.2 Å². The van der Waals surface area contributed by atoms with Crippen LogP contribution in [-0.2, 0) is 14.4 Å². The maximum absolute atomic E-state index is 11.7. The van der Waals surface area contributed by atoms with Gasteiger partial charge in [-0.1, -0.05) is 11.8 Å². The Labute approximate surface area is 128 Å². The zero-order valence-electron chi connectivity index (χ0n) is 11.1. The number of hydrogen-bond acceptors (Lipinski definition) is 8. The predicted octanol–water partition coefficient (Wildman–Crippen LogP) is -1.54. The SMILES string of the molecule is O=C([O-])CNC(=O)C[C@H]1S/C(=N\N=C/c2ccco2)NC1=O. The zero-order valence-corrected chi connectivity index (χ0v) is 12.0. The number of carbonyl (C=O) groups excluding carboxylic acids is 3. The van der Waals surface area contributed by atoms with Gasteiger partial charge in [-0.15, -0.1) is 5.10 Å². The Morgan fingerprint density at radius 2 is 2.36 bits per heavy atom. The molecule has 9 nitrogen and oxygen atoms in total. The molecule has 0 aromatic carbocycles. The second-order valence-corrected chi connectivity index (χ2v) is 5.31. The molecule has 1 aliphatic heterocycles. The number of nitrogens with one attached hydrogen (secondary N) is 2. The number of amidine groups is 1. The third-order valence-corrected chi connectivity index (χ3v) is 3.53. The Morgan fingerprint density at radius 1 is 1.55 bits per heavy atom. The molecule has 1 saturated heterocycles. The van der Waals surface area contributed by atoms with Crippen molar-refractivity contribution in [1.82, 2.24) is 10.6 Å². The van der Waals surface area contributed by atoms with E-state index in [2.05, 4.69) is 20.8 Å². The molecule has 0 saturated carbocycles. The van der Waals surface area contributed by atoms with E-state index in [1.54, 1.807) is 12.1 Å². The normalized spacial score (nSPS) is 19.5. The molecule has 22 heavy (non-hydrogen) atoms. The van der Waals surface area contributed by atoms with E-state index in [1.165, 1.54) is 12.5 Å². The highest BCUT2D eigenvalue weighted by atomic mass is 32.2. The first-order valence-electron chi connectivity index (χ1n) is 6.13. The molecule has 116 valence electrons. The second-order valence-electron chi connectivity index (χ2n) is 4.11. The number of nitrogens with zero attached hydrogens (tertiary/aromatic N) is 2. The summed E-state index contributed by atoms with van der Waals surface area (Å²) in [7, 11) is 0. The number of hydrogen-bond donors (Lipinski definition) is 2. The summed E-state index contributed by atoms with van der Waals surface area (Å²) in [5.41, 5.74) is 0. The van der Waals surface area contributed by atoms with E-state index in [0.717, 1.165) is 11.8 Å². The van der Waals surface area contributed by atoms with Gasteiger partial charge in [0.05, 0.1) is 25.0 Å². The number of aliphatic carboxylic acids is 1. The maximum Gasteiger partial charge on any atom is 0.240 e. The van der Waals surface area contributed by atoms with Crippen LogP contribution in [0.4, 0.5) is 0 Å². The van der Waals surface area contributed by atoms with Crippen molar-refractivity contribution < 1.29 is 23.9 Å². The molecule has 2 rings (SSSR count). The highest BCUT2D eigenvalue weighted by molar-refractivity contribution is 8.15. The van der Waals surface area contributed by atoms with Crippen LogP contribution in [0, 0.1) is 0 Å². The lowest BCUT2D eigenvalue weighted by molar-refractivity contribution is -0.304. The summed E-state index contributed by atoms with van der Waals surface area (Å²) in [5, 5.41) is 22.0. The van der Waals surface area contributed by atoms with Crippen molar-refractivity contribution in [2.45, 2.75) is 11.7 Å². The molecule has 0 aliphatic carbocycles. The van der Waals surface area contributed by atoms with Gasteiger partial charge in [-0.05, 0) is 12.1 Å². The molecular formula is C12H11N4O5S-. The highest BCUT2D eigenvalue weighted by Gasteiger charge is 2.32. The first-order chi connectivity index (χ1) is 10.5. The van der Waals surface area contributed by atoms with E-state index in [0.29, 0.717) is 5.76 Å². The van der Waals surface area contributed by atoms with Gasteiger partial charge in [-0.3, -0.25) is 9.59 Å². The Kier molecular flexibility index (Phi) is 5.31. The lowest BCUT2D eigenvalue weighted by Crippen LogP contribution is -2.39. The monoisotopic (exact) mass is 323 g/mol. The minimum absolute atomic E-state index is 0.162. The minimum Gasteiger partial charge on any atom is -0.548 e. The van der Waals surface area contributed by atoms with Gasteiger partial charge in [0.1, 0.15) is 11.0 Å². The summed E-state index contributed by atoms with van der Waals surface area (Å²) >= 11 is 1.04. The molecule has 1 fully saturated rings. The minimum atomic E-state index is -1.40. The molecule has 1 atom stereocenters. The second kappa shape index (κ2) is 7.41. The predicted molar refractivity (Wildman–Crippen MR) is 75.9 cm³/mol. The maximum atomic E-state index is 11.7. The first-order valence-corrected chi connectivity index (χ1v) is 7.01. The number of thioether (sulfide) groups is 1. The van der Waals surface area contributed by atoms with Crippen LogP contribution in [0.5, 0.6) is 0 Å². The van der Waals surface area contributed by atoms with E-state index >= 15 is 0 Å². The number of carboxylic acids is 1. The number of carbonyl (C=O) groups is 3. The Balaban J connectivity index is 1.85. The van der Waals surface area contributed by atoms with Crippen molar-refractivity contribution in [2.24, 2.45) is 10.2 Å². The largest absolute Gasteiger partial charge is 0.548 e. The molecule has 0 bridgehead atoms. The van der Waals surface area contributed by atoms with Gasteiger partial charge in [0, 0.05) is 6.42 Å². The van der Waals surface area contributed by atoms with Crippen molar-refractivity contribution in [1.29, 1.82) is 0 Å². The van der Waals surface area contributed by atoms with Gasteiger partial charge in [-0.2, -0.15) is 5.10 Å². The Morgan fingerprint density at radius 3 is 3.05 bits per heavy atom. The standard InChI is InChI=1S/C12H12N4O5S/c17-9(13-6-10(18)19)4-8-11(20)15-12(22-8)16-14-5-7-2-1-3-21-7/h1-3,5,8H,4,6H2,(H,13,17)(H,18,19)(H,15,16,20)/p-1/b14-5-/t8-/m1/s1. The quantitative estimate of drug-likeness (QED) is 0.481. The lowest BCUT2D eigenvalue weighted by atomic mass is 10.2. The van der Waals surface area contributed by atoms with Gasteiger partial charge in [0.25, 0.3) is 0 Å². The van der Waals surface area contributed by atoms with Crippen LogP contribution in [0.15, 0.2) is 33.0 Å². The molecule has 2 amide bonds. The average Bonchev–Trinajstić information content (AvgIpc) is 3.08. The lowest BCUT2D eigenvalue weighted by Gasteiger charge is -2.07. The summed E-state index contributed by atoms with van der Waals surface area (Å²) in [6, 6.07) is 3.39. The number of carboxylic acid groups (broad SMARTS) is 1. The highest BCUT2D eigenvalue weighted by Crippen LogP contribution is 2.22. The van der Waals surface area contributed by atoms with Crippen molar-refractivity contribution >= 4 is 40.9 Å². The van der Waals surface area contributed by atoms with E-state index in [1.807, 2.05) is 0 Å². The van der Waals surface area contributed by atoms with Gasteiger partial charge in [0.15, 0.2) is 5.17 Å². The van der Waals surface area contributed by atoms with Gasteiger partial charge < -0.3 is 25.0 Å². The van der Waals surface area contributed by atoms with Gasteiger partial charge in [0.2, 0.25) is 11.8 Å². The van der Waals surface area contributed by atoms with Crippen molar-refractivity contribution in [3.63, 3.8) is 0 Å². The van der Waals surface area contributed by atoms with Crippen molar-refractivity contribution in [3.8, 4) is 0 Å².